The molecule has 1 amide bonds. The summed E-state index contributed by atoms with van der Waals surface area (Å²) in [6.45, 7) is 7.80. The van der Waals surface area contributed by atoms with E-state index in [9.17, 15) is 9.18 Å². The van der Waals surface area contributed by atoms with Crippen LogP contribution in [0.1, 0.15) is 52.0 Å². The molecule has 1 saturated carbocycles. The molecule has 1 unspecified atom stereocenters. The maximum Gasteiger partial charge on any atom is 0.237 e. The first-order valence-electron chi connectivity index (χ1n) is 7.58. The second-order valence-electron chi connectivity index (χ2n) is 7.05. The van der Waals surface area contributed by atoms with E-state index in [0.717, 1.165) is 18.4 Å². The molecule has 4 heteroatoms. The topological polar surface area (TPSA) is 41.1 Å². The van der Waals surface area contributed by atoms with Crippen molar-refractivity contribution in [3.8, 4) is 0 Å². The summed E-state index contributed by atoms with van der Waals surface area (Å²) in [4.78, 5) is 12.0. The van der Waals surface area contributed by atoms with Crippen molar-refractivity contribution in [1.82, 2.24) is 10.6 Å². The second kappa shape index (κ2) is 6.14. The lowest BCUT2D eigenvalue weighted by Gasteiger charge is -2.38. The molecule has 1 aliphatic rings. The molecule has 0 aliphatic heterocycles. The molecule has 0 bridgehead atoms. The normalized spacial score (nSPS) is 23.3. The highest BCUT2D eigenvalue weighted by atomic mass is 19.1. The van der Waals surface area contributed by atoms with Crippen LogP contribution in [0.25, 0.3) is 0 Å². The number of halogens is 1. The molecule has 116 valence electrons. The lowest BCUT2D eigenvalue weighted by Crippen LogP contribution is -2.54. The van der Waals surface area contributed by atoms with Gasteiger partial charge in [-0.15, -0.1) is 0 Å². The molecule has 0 spiro atoms. The Labute approximate surface area is 126 Å². The van der Waals surface area contributed by atoms with E-state index in [4.69, 9.17) is 0 Å². The van der Waals surface area contributed by atoms with Crippen LogP contribution in [0.15, 0.2) is 24.3 Å². The molecule has 1 aromatic carbocycles. The number of hydrogen-bond donors (Lipinski definition) is 2. The van der Waals surface area contributed by atoms with Gasteiger partial charge in [0.15, 0.2) is 0 Å². The first-order chi connectivity index (χ1) is 9.74. The van der Waals surface area contributed by atoms with Gasteiger partial charge >= 0.3 is 0 Å². The van der Waals surface area contributed by atoms with Gasteiger partial charge in [-0.2, -0.15) is 0 Å². The summed E-state index contributed by atoms with van der Waals surface area (Å²) in [5.41, 5.74) is 0.844. The van der Waals surface area contributed by atoms with Crippen molar-refractivity contribution in [3.63, 3.8) is 0 Å². The van der Waals surface area contributed by atoms with Gasteiger partial charge in [0.1, 0.15) is 5.82 Å². The van der Waals surface area contributed by atoms with Crippen molar-refractivity contribution in [1.29, 1.82) is 0 Å². The summed E-state index contributed by atoms with van der Waals surface area (Å²) in [7, 11) is 0. The quantitative estimate of drug-likeness (QED) is 0.896. The molecule has 21 heavy (non-hydrogen) atoms. The predicted molar refractivity (Wildman–Crippen MR) is 82.7 cm³/mol. The van der Waals surface area contributed by atoms with Gasteiger partial charge in [-0.1, -0.05) is 12.1 Å². The third-order valence-electron chi connectivity index (χ3n) is 3.84. The van der Waals surface area contributed by atoms with Crippen LogP contribution < -0.4 is 10.6 Å². The minimum absolute atomic E-state index is 0.0247. The Bertz CT molecular complexity index is 504. The molecule has 0 aromatic heterocycles. The Hall–Kier alpha value is -1.42. The van der Waals surface area contributed by atoms with Gasteiger partial charge in [0.2, 0.25) is 5.91 Å². The van der Waals surface area contributed by atoms with Gasteiger partial charge in [-0.25, -0.2) is 4.39 Å². The number of rotatable bonds is 4. The molecule has 1 aliphatic carbocycles. The summed E-state index contributed by atoms with van der Waals surface area (Å²) < 4.78 is 13.2. The Morgan fingerprint density at radius 2 is 2.00 bits per heavy atom. The van der Waals surface area contributed by atoms with E-state index in [0.29, 0.717) is 12.0 Å². The molecule has 0 radical (unpaired) electrons. The van der Waals surface area contributed by atoms with Crippen LogP contribution in [0, 0.1) is 5.82 Å². The van der Waals surface area contributed by atoms with Crippen LogP contribution in [0.4, 0.5) is 4.39 Å². The summed E-state index contributed by atoms with van der Waals surface area (Å²) in [6, 6.07) is 6.93. The van der Waals surface area contributed by atoms with Crippen LogP contribution in [-0.2, 0) is 4.79 Å². The third kappa shape index (κ3) is 4.53. The minimum atomic E-state index is -0.212. The first kappa shape index (κ1) is 16.0. The molecular weight excluding hydrogens is 267 g/mol. The second-order valence-corrected chi connectivity index (χ2v) is 7.05. The summed E-state index contributed by atoms with van der Waals surface area (Å²) in [5.74, 6) is 0.245. The lowest BCUT2D eigenvalue weighted by atomic mass is 9.75. The molecular formula is C17H25FN2O. The summed E-state index contributed by atoms with van der Waals surface area (Å²) in [5, 5.41) is 6.32. The highest BCUT2D eigenvalue weighted by molar-refractivity contribution is 5.81. The Morgan fingerprint density at radius 1 is 1.33 bits per heavy atom. The van der Waals surface area contributed by atoms with E-state index < -0.39 is 0 Å². The van der Waals surface area contributed by atoms with Crippen molar-refractivity contribution < 1.29 is 9.18 Å². The Morgan fingerprint density at radius 3 is 2.57 bits per heavy atom. The number of benzene rings is 1. The first-order valence-corrected chi connectivity index (χ1v) is 7.58. The predicted octanol–water partition coefficient (Wildman–Crippen LogP) is 2.96. The number of carbonyl (C=O) groups is 1. The van der Waals surface area contributed by atoms with Crippen molar-refractivity contribution >= 4 is 5.91 Å². The highest BCUT2D eigenvalue weighted by Gasteiger charge is 2.32. The zero-order chi connectivity index (χ0) is 15.6. The van der Waals surface area contributed by atoms with Crippen LogP contribution in [0.5, 0.6) is 0 Å². The molecule has 1 aromatic rings. The van der Waals surface area contributed by atoms with Crippen molar-refractivity contribution in [2.24, 2.45) is 0 Å². The van der Waals surface area contributed by atoms with Crippen molar-refractivity contribution in [2.75, 3.05) is 0 Å². The average Bonchev–Trinajstić information content (AvgIpc) is 2.30. The standard InChI is InChI=1S/C17H25FN2O/c1-11(16(21)20-17(2,3)4)19-15-9-13(10-15)12-6-5-7-14(18)8-12/h5-8,11,13,15,19H,9-10H2,1-4H3,(H,20,21). The van der Waals surface area contributed by atoms with E-state index in [1.807, 2.05) is 33.8 Å². The van der Waals surface area contributed by atoms with E-state index in [-0.39, 0.29) is 23.3 Å². The van der Waals surface area contributed by atoms with Crippen molar-refractivity contribution in [3.05, 3.63) is 35.6 Å². The fourth-order valence-corrected chi connectivity index (χ4v) is 2.69. The van der Waals surface area contributed by atoms with Gasteiger partial charge in [-0.05, 0) is 64.2 Å². The zero-order valence-corrected chi connectivity index (χ0v) is 13.2. The summed E-state index contributed by atoms with van der Waals surface area (Å²) in [6.07, 6.45) is 1.91. The smallest absolute Gasteiger partial charge is 0.237 e. The highest BCUT2D eigenvalue weighted by Crippen LogP contribution is 2.37. The van der Waals surface area contributed by atoms with Gasteiger partial charge in [-0.3, -0.25) is 4.79 Å². The Kier molecular flexibility index (Phi) is 4.67. The van der Waals surface area contributed by atoms with Crippen LogP contribution >= 0.6 is 0 Å². The third-order valence-corrected chi connectivity index (χ3v) is 3.84. The molecule has 0 saturated heterocycles. The van der Waals surface area contributed by atoms with Crippen LogP contribution in [0.2, 0.25) is 0 Å². The van der Waals surface area contributed by atoms with Gasteiger partial charge < -0.3 is 10.6 Å². The van der Waals surface area contributed by atoms with E-state index >= 15 is 0 Å². The molecule has 2 rings (SSSR count). The number of hydrogen-bond acceptors (Lipinski definition) is 2. The fraction of sp³-hybridized carbons (Fsp3) is 0.588. The Balaban J connectivity index is 1.79. The fourth-order valence-electron chi connectivity index (χ4n) is 2.69. The van der Waals surface area contributed by atoms with Crippen LogP contribution in [-0.4, -0.2) is 23.5 Å². The minimum Gasteiger partial charge on any atom is -0.350 e. The number of amides is 1. The average molecular weight is 292 g/mol. The summed E-state index contributed by atoms with van der Waals surface area (Å²) >= 11 is 0. The maximum atomic E-state index is 13.2. The molecule has 1 atom stereocenters. The van der Waals surface area contributed by atoms with E-state index in [2.05, 4.69) is 10.6 Å². The molecule has 2 N–H and O–H groups in total. The number of carbonyl (C=O) groups excluding carboxylic acids is 1. The SMILES string of the molecule is CC(NC1CC(c2cccc(F)c2)C1)C(=O)NC(C)(C)C. The monoisotopic (exact) mass is 292 g/mol. The van der Waals surface area contributed by atoms with E-state index in [1.165, 1.54) is 6.07 Å². The number of nitrogens with one attached hydrogen (secondary N) is 2. The molecule has 3 nitrogen and oxygen atoms in total. The van der Waals surface area contributed by atoms with Gasteiger partial charge in [0.25, 0.3) is 0 Å². The van der Waals surface area contributed by atoms with E-state index in [1.54, 1.807) is 12.1 Å². The van der Waals surface area contributed by atoms with Crippen molar-refractivity contribution in [2.45, 2.75) is 64.1 Å². The largest absolute Gasteiger partial charge is 0.350 e. The molecule has 0 heterocycles. The lowest BCUT2D eigenvalue weighted by molar-refractivity contribution is -0.124. The van der Waals surface area contributed by atoms with Gasteiger partial charge in [0.05, 0.1) is 6.04 Å². The molecule has 1 fully saturated rings. The van der Waals surface area contributed by atoms with Gasteiger partial charge in [0, 0.05) is 11.6 Å². The van der Waals surface area contributed by atoms with Crippen LogP contribution in [0.3, 0.4) is 0 Å². The maximum absolute atomic E-state index is 13.2. The zero-order valence-electron chi connectivity index (χ0n) is 13.2.